The number of aromatic nitrogens is 4. The van der Waals surface area contributed by atoms with E-state index in [-0.39, 0.29) is 12.1 Å². The fourth-order valence-electron chi connectivity index (χ4n) is 2.21. The summed E-state index contributed by atoms with van der Waals surface area (Å²) in [5.41, 5.74) is 2.24. The van der Waals surface area contributed by atoms with Crippen LogP contribution in [0.25, 0.3) is 22.6 Å². The molecular weight excluding hydrogens is 328 g/mol. The molecule has 8 heteroatoms. The molecule has 7 nitrogen and oxygen atoms in total. The van der Waals surface area contributed by atoms with Gasteiger partial charge in [-0.3, -0.25) is 10.3 Å². The Morgan fingerprint density at radius 2 is 1.96 bits per heavy atom. The van der Waals surface area contributed by atoms with Crippen LogP contribution in [0.2, 0.25) is 5.15 Å². The van der Waals surface area contributed by atoms with Crippen molar-refractivity contribution in [1.29, 1.82) is 0 Å². The molecule has 0 radical (unpaired) electrons. The molecule has 0 unspecified atom stereocenters. The molecular formula is C16H13ClN6O. The van der Waals surface area contributed by atoms with Crippen molar-refractivity contribution >= 4 is 34.6 Å². The number of amides is 2. The molecule has 0 aromatic carbocycles. The van der Waals surface area contributed by atoms with E-state index in [0.717, 1.165) is 12.8 Å². The van der Waals surface area contributed by atoms with Crippen molar-refractivity contribution in [3.63, 3.8) is 0 Å². The molecule has 0 aliphatic heterocycles. The Balaban J connectivity index is 1.63. The second-order valence-corrected chi connectivity index (χ2v) is 5.90. The summed E-state index contributed by atoms with van der Waals surface area (Å²) in [4.78, 5) is 29.2. The van der Waals surface area contributed by atoms with Crippen LogP contribution in [0.5, 0.6) is 0 Å². The zero-order valence-corrected chi connectivity index (χ0v) is 13.3. The van der Waals surface area contributed by atoms with E-state index >= 15 is 0 Å². The summed E-state index contributed by atoms with van der Waals surface area (Å²) in [6.07, 6.45) is 3.68. The lowest BCUT2D eigenvalue weighted by Gasteiger charge is -2.07. The van der Waals surface area contributed by atoms with Gasteiger partial charge in [-0.15, -0.1) is 0 Å². The first-order valence-corrected chi connectivity index (χ1v) is 7.89. The fourth-order valence-corrected chi connectivity index (χ4v) is 2.37. The van der Waals surface area contributed by atoms with Crippen molar-refractivity contribution in [1.82, 2.24) is 25.3 Å². The molecule has 3 aromatic rings. The van der Waals surface area contributed by atoms with Crippen molar-refractivity contribution in [2.75, 3.05) is 5.32 Å². The lowest BCUT2D eigenvalue weighted by Crippen LogP contribution is -2.30. The summed E-state index contributed by atoms with van der Waals surface area (Å²) >= 11 is 5.91. The highest BCUT2D eigenvalue weighted by molar-refractivity contribution is 6.29. The number of pyridine rings is 2. The van der Waals surface area contributed by atoms with E-state index in [9.17, 15) is 4.79 Å². The van der Waals surface area contributed by atoms with Crippen LogP contribution in [0.1, 0.15) is 12.8 Å². The van der Waals surface area contributed by atoms with Crippen LogP contribution in [0.3, 0.4) is 0 Å². The van der Waals surface area contributed by atoms with E-state index in [1.54, 1.807) is 36.5 Å². The van der Waals surface area contributed by atoms with Gasteiger partial charge in [-0.1, -0.05) is 17.7 Å². The van der Waals surface area contributed by atoms with E-state index in [1.807, 2.05) is 0 Å². The Morgan fingerprint density at radius 3 is 2.75 bits per heavy atom. The minimum absolute atomic E-state index is 0.259. The van der Waals surface area contributed by atoms with Crippen molar-refractivity contribution < 1.29 is 4.79 Å². The Kier molecular flexibility index (Phi) is 3.70. The van der Waals surface area contributed by atoms with E-state index in [1.165, 1.54) is 0 Å². The van der Waals surface area contributed by atoms with Gasteiger partial charge in [0.2, 0.25) is 0 Å². The second-order valence-electron chi connectivity index (χ2n) is 5.51. The summed E-state index contributed by atoms with van der Waals surface area (Å²) < 4.78 is 0. The molecule has 0 saturated heterocycles. The lowest BCUT2D eigenvalue weighted by atomic mass is 10.3. The highest BCUT2D eigenvalue weighted by Gasteiger charge is 2.23. The number of nitrogens with zero attached hydrogens (tertiary/aromatic N) is 4. The molecule has 1 aliphatic carbocycles. The minimum Gasteiger partial charge on any atom is -0.335 e. The van der Waals surface area contributed by atoms with Gasteiger partial charge in [-0.25, -0.2) is 19.7 Å². The van der Waals surface area contributed by atoms with Crippen LogP contribution in [0.15, 0.2) is 36.5 Å². The smallest absolute Gasteiger partial charge is 0.320 e. The van der Waals surface area contributed by atoms with Gasteiger partial charge in [-0.05, 0) is 37.1 Å². The van der Waals surface area contributed by atoms with Gasteiger partial charge in [0.15, 0.2) is 5.65 Å². The van der Waals surface area contributed by atoms with Gasteiger partial charge in [0.05, 0.1) is 11.9 Å². The molecule has 0 atom stereocenters. The summed E-state index contributed by atoms with van der Waals surface area (Å²) in [6.45, 7) is 0. The SMILES string of the molecule is O=C(Nc1ccc2ncc(-c3cccc(Cl)n3)nc2n1)NC1CC1. The first-order valence-electron chi connectivity index (χ1n) is 7.52. The predicted octanol–water partition coefficient (Wildman–Crippen LogP) is 3.02. The van der Waals surface area contributed by atoms with Crippen LogP contribution < -0.4 is 10.6 Å². The number of nitrogens with one attached hydrogen (secondary N) is 2. The zero-order chi connectivity index (χ0) is 16.5. The standard InChI is InChI=1S/C16H13ClN6O/c17-13-3-1-2-10(20-13)12-8-18-11-6-7-14(22-15(11)21-12)23-16(24)19-9-4-5-9/h1-3,6-9H,4-5H2,(H2,19,21,22,23,24). The molecule has 4 rings (SSSR count). The Bertz CT molecular complexity index is 927. The van der Waals surface area contributed by atoms with Gasteiger partial charge >= 0.3 is 6.03 Å². The first kappa shape index (κ1) is 14.8. The number of fused-ring (bicyclic) bond motifs is 1. The van der Waals surface area contributed by atoms with Crippen LogP contribution in [0.4, 0.5) is 10.6 Å². The molecule has 0 bridgehead atoms. The molecule has 24 heavy (non-hydrogen) atoms. The fraction of sp³-hybridized carbons (Fsp3) is 0.188. The van der Waals surface area contributed by atoms with Crippen LogP contribution in [-0.2, 0) is 0 Å². The highest BCUT2D eigenvalue weighted by atomic mass is 35.5. The average molecular weight is 341 g/mol. The molecule has 0 spiro atoms. The Morgan fingerprint density at radius 1 is 1.08 bits per heavy atom. The molecule has 2 N–H and O–H groups in total. The van der Waals surface area contributed by atoms with Gasteiger partial charge in [0.1, 0.15) is 22.2 Å². The summed E-state index contributed by atoms with van der Waals surface area (Å²) in [5, 5.41) is 5.94. The quantitative estimate of drug-likeness (QED) is 0.715. The molecule has 3 aromatic heterocycles. The third-order valence-corrected chi connectivity index (χ3v) is 3.75. The van der Waals surface area contributed by atoms with Crippen molar-refractivity contribution in [3.8, 4) is 11.4 Å². The van der Waals surface area contributed by atoms with E-state index in [0.29, 0.717) is 33.5 Å². The molecule has 1 fully saturated rings. The maximum absolute atomic E-state index is 11.8. The van der Waals surface area contributed by atoms with Crippen molar-refractivity contribution in [2.45, 2.75) is 18.9 Å². The molecule has 2 amide bonds. The first-order chi connectivity index (χ1) is 11.7. The number of halogens is 1. The van der Waals surface area contributed by atoms with Crippen molar-refractivity contribution in [3.05, 3.63) is 41.7 Å². The van der Waals surface area contributed by atoms with Crippen LogP contribution in [-0.4, -0.2) is 32.0 Å². The number of hydrogen-bond donors (Lipinski definition) is 2. The van der Waals surface area contributed by atoms with Gasteiger partial charge < -0.3 is 5.32 Å². The van der Waals surface area contributed by atoms with E-state index in [4.69, 9.17) is 11.6 Å². The van der Waals surface area contributed by atoms with Gasteiger partial charge in [0.25, 0.3) is 0 Å². The summed E-state index contributed by atoms with van der Waals surface area (Å²) in [5.74, 6) is 0.422. The van der Waals surface area contributed by atoms with Crippen molar-refractivity contribution in [2.24, 2.45) is 0 Å². The number of carbonyl (C=O) groups is 1. The number of urea groups is 1. The summed E-state index contributed by atoms with van der Waals surface area (Å²) in [6, 6.07) is 8.77. The second kappa shape index (κ2) is 6.01. The highest BCUT2D eigenvalue weighted by Crippen LogP contribution is 2.20. The summed E-state index contributed by atoms with van der Waals surface area (Å²) in [7, 11) is 0. The predicted molar refractivity (Wildman–Crippen MR) is 90.8 cm³/mol. The molecule has 3 heterocycles. The van der Waals surface area contributed by atoms with Gasteiger partial charge in [0, 0.05) is 6.04 Å². The Hall–Kier alpha value is -2.80. The number of anilines is 1. The molecule has 1 saturated carbocycles. The zero-order valence-electron chi connectivity index (χ0n) is 12.5. The molecule has 120 valence electrons. The third kappa shape index (κ3) is 3.26. The molecule has 1 aliphatic rings. The van der Waals surface area contributed by atoms with Crippen LogP contribution >= 0.6 is 11.6 Å². The van der Waals surface area contributed by atoms with Gasteiger partial charge in [-0.2, -0.15) is 0 Å². The lowest BCUT2D eigenvalue weighted by molar-refractivity contribution is 0.251. The normalized spacial score (nSPS) is 13.7. The number of rotatable bonds is 3. The largest absolute Gasteiger partial charge is 0.335 e. The third-order valence-electron chi connectivity index (χ3n) is 3.54. The topological polar surface area (TPSA) is 92.7 Å². The minimum atomic E-state index is -0.259. The average Bonchev–Trinajstić information content (AvgIpc) is 3.38. The Labute approximate surface area is 142 Å². The number of hydrogen-bond acceptors (Lipinski definition) is 5. The maximum atomic E-state index is 11.8. The van der Waals surface area contributed by atoms with E-state index < -0.39 is 0 Å². The monoisotopic (exact) mass is 340 g/mol. The number of carbonyl (C=O) groups excluding carboxylic acids is 1. The maximum Gasteiger partial charge on any atom is 0.320 e. The van der Waals surface area contributed by atoms with E-state index in [2.05, 4.69) is 30.6 Å². The van der Waals surface area contributed by atoms with Crippen LogP contribution in [0, 0.1) is 0 Å².